The Morgan fingerprint density at radius 2 is 0.588 bits per heavy atom. The van der Waals surface area contributed by atoms with Gasteiger partial charge in [-0.1, -0.05) is 72.8 Å². The van der Waals surface area contributed by atoms with Gasteiger partial charge >= 0.3 is 36.0 Å². The van der Waals surface area contributed by atoms with Gasteiger partial charge in [0.25, 0.3) is 0 Å². The Kier molecular flexibility index (Phi) is 10.8. The molecule has 8 bridgehead atoms. The first-order valence-corrected chi connectivity index (χ1v) is 23.0. The Labute approximate surface area is 383 Å². The Balaban J connectivity index is 0.859. The monoisotopic (exact) mass is 970 g/mol. The van der Waals surface area contributed by atoms with E-state index in [4.69, 9.17) is 9.47 Å². The molecular weight excluding hydrogens is 923 g/mol. The van der Waals surface area contributed by atoms with Crippen LogP contribution in [-0.2, 0) is 33.5 Å². The fourth-order valence-corrected chi connectivity index (χ4v) is 14.8. The standard InChI is InChI=1S/C52H48F14O2/c53-47(54,55)29-67-41-13-9-37(10-14-41)45-23-31-17-32(24-45)20-43(19-31,27-45)35-1-5-39(6-2-35)49(59,60)51(63,64)52(65,66)50(61,62)40-7-3-36(4-8-40)44-21-33-18-34(22-44)26-46(25-33,28-44)38-11-15-42(16-12-38)68-30-48(56,57)58/h1-16,31-34H,17-30H2. The van der Waals surface area contributed by atoms with Crippen LogP contribution in [0.15, 0.2) is 97.1 Å². The molecule has 4 aromatic rings. The van der Waals surface area contributed by atoms with Crippen LogP contribution in [0.1, 0.15) is 110 Å². The van der Waals surface area contributed by atoms with E-state index in [0.717, 1.165) is 49.7 Å². The van der Waals surface area contributed by atoms with Crippen molar-refractivity contribution in [3.63, 3.8) is 0 Å². The summed E-state index contributed by atoms with van der Waals surface area (Å²) in [5.74, 6) is -23.7. The summed E-state index contributed by atoms with van der Waals surface area (Å²) in [4.78, 5) is 0. The van der Waals surface area contributed by atoms with Crippen molar-refractivity contribution in [2.45, 2.75) is 135 Å². The molecule has 0 saturated heterocycles. The highest BCUT2D eigenvalue weighted by molar-refractivity contribution is 5.43. The maximum Gasteiger partial charge on any atom is 0.422 e. The summed E-state index contributed by atoms with van der Waals surface area (Å²) in [6.07, 6.45) is -0.489. The predicted octanol–water partition coefficient (Wildman–Crippen LogP) is 15.3. The van der Waals surface area contributed by atoms with E-state index in [0.29, 0.717) is 73.9 Å². The maximum absolute atomic E-state index is 15.9. The van der Waals surface area contributed by atoms with Gasteiger partial charge in [0.2, 0.25) is 0 Å². The molecule has 2 nitrogen and oxygen atoms in total. The van der Waals surface area contributed by atoms with Crippen LogP contribution in [0.5, 0.6) is 11.5 Å². The van der Waals surface area contributed by atoms with Crippen LogP contribution in [0.3, 0.4) is 0 Å². The molecule has 8 aliphatic carbocycles. The van der Waals surface area contributed by atoms with E-state index < -0.39 is 82.0 Å². The number of alkyl halides is 14. The molecule has 0 spiro atoms. The van der Waals surface area contributed by atoms with Gasteiger partial charge < -0.3 is 9.47 Å². The van der Waals surface area contributed by atoms with Gasteiger partial charge in [-0.3, -0.25) is 0 Å². The molecule has 366 valence electrons. The first-order chi connectivity index (χ1) is 31.7. The van der Waals surface area contributed by atoms with E-state index >= 15 is 35.1 Å². The number of rotatable bonds is 13. The topological polar surface area (TPSA) is 18.5 Å². The van der Waals surface area contributed by atoms with Gasteiger partial charge in [-0.2, -0.15) is 61.5 Å². The Morgan fingerprint density at radius 1 is 0.353 bits per heavy atom. The number of hydrogen-bond acceptors (Lipinski definition) is 2. The molecule has 0 heterocycles. The quantitative estimate of drug-likeness (QED) is 0.124. The summed E-state index contributed by atoms with van der Waals surface area (Å²) < 4.78 is 213. The number of hydrogen-bond donors (Lipinski definition) is 0. The third-order valence-electron chi connectivity index (χ3n) is 16.8. The second-order valence-corrected chi connectivity index (χ2v) is 21.4. The molecule has 0 radical (unpaired) electrons. The zero-order chi connectivity index (χ0) is 48.6. The minimum atomic E-state index is -6.57. The van der Waals surface area contributed by atoms with Crippen LogP contribution in [0.25, 0.3) is 0 Å². The van der Waals surface area contributed by atoms with Gasteiger partial charge in [0, 0.05) is 11.1 Å². The molecule has 12 rings (SSSR count). The fourth-order valence-electron chi connectivity index (χ4n) is 14.8. The Morgan fingerprint density at radius 3 is 0.824 bits per heavy atom. The van der Waals surface area contributed by atoms with Gasteiger partial charge in [0.1, 0.15) is 11.5 Å². The van der Waals surface area contributed by atoms with Gasteiger partial charge in [0.15, 0.2) is 13.2 Å². The molecule has 16 heteroatoms. The van der Waals surface area contributed by atoms with Crippen LogP contribution in [0.4, 0.5) is 61.5 Å². The zero-order valence-electron chi connectivity index (χ0n) is 36.6. The summed E-state index contributed by atoms with van der Waals surface area (Å²) in [5.41, 5.74) is -2.33. The van der Waals surface area contributed by atoms with Crippen LogP contribution >= 0.6 is 0 Å². The SMILES string of the molecule is FC(F)(F)COc1ccc(C23CC4CC(C2)CC(c2ccc(C(F)(F)C(F)(F)C(F)(F)C(F)(F)c5ccc(C67CC8CC(CC(c9ccc(OCC(F)(F)F)cc9)(C8)C6)C7)cc5)cc2)(C4)C3)cc1. The molecule has 4 atom stereocenters. The van der Waals surface area contributed by atoms with E-state index in [-0.39, 0.29) is 35.2 Å². The van der Waals surface area contributed by atoms with E-state index in [1.54, 1.807) is 24.3 Å². The first-order valence-electron chi connectivity index (χ1n) is 23.0. The summed E-state index contributed by atoms with van der Waals surface area (Å²) in [7, 11) is 0. The Hall–Kier alpha value is -4.50. The van der Waals surface area contributed by atoms with E-state index in [1.165, 1.54) is 48.5 Å². The first kappa shape index (κ1) is 47.2. The molecule has 8 fully saturated rings. The maximum atomic E-state index is 15.9. The van der Waals surface area contributed by atoms with E-state index in [9.17, 15) is 26.3 Å². The Bertz CT molecular complexity index is 2290. The molecule has 4 unspecified atom stereocenters. The van der Waals surface area contributed by atoms with Crippen molar-refractivity contribution in [2.75, 3.05) is 13.2 Å². The lowest BCUT2D eigenvalue weighted by Gasteiger charge is -2.63. The molecule has 0 amide bonds. The van der Waals surface area contributed by atoms with Crippen molar-refractivity contribution in [3.8, 4) is 11.5 Å². The number of ether oxygens (including phenoxy) is 2. The third-order valence-corrected chi connectivity index (χ3v) is 16.8. The van der Waals surface area contributed by atoms with Crippen molar-refractivity contribution < 1.29 is 70.9 Å². The molecular formula is C52H48F14O2. The van der Waals surface area contributed by atoms with Crippen molar-refractivity contribution in [3.05, 3.63) is 130 Å². The molecule has 0 aromatic heterocycles. The molecule has 0 aliphatic heterocycles. The molecule has 8 aliphatic rings. The largest absolute Gasteiger partial charge is 0.484 e. The van der Waals surface area contributed by atoms with Gasteiger partial charge in [0.05, 0.1) is 0 Å². The summed E-state index contributed by atoms with van der Waals surface area (Å²) in [6, 6.07) is 20.0. The van der Waals surface area contributed by atoms with Crippen molar-refractivity contribution >= 4 is 0 Å². The molecule has 68 heavy (non-hydrogen) atoms. The highest BCUT2D eigenvalue weighted by atomic mass is 19.4. The van der Waals surface area contributed by atoms with E-state index in [1.807, 2.05) is 0 Å². The fraction of sp³-hybridized carbons (Fsp3) is 0.538. The number of halogens is 14. The van der Waals surface area contributed by atoms with E-state index in [2.05, 4.69) is 0 Å². The minimum absolute atomic E-state index is 0.0376. The second kappa shape index (κ2) is 15.5. The molecule has 4 aromatic carbocycles. The molecule has 0 N–H and O–H groups in total. The highest BCUT2D eigenvalue weighted by Crippen LogP contribution is 2.68. The van der Waals surface area contributed by atoms with Crippen molar-refractivity contribution in [1.29, 1.82) is 0 Å². The minimum Gasteiger partial charge on any atom is -0.484 e. The van der Waals surface area contributed by atoms with Crippen LogP contribution in [0.2, 0.25) is 0 Å². The van der Waals surface area contributed by atoms with Crippen LogP contribution in [0, 0.1) is 23.7 Å². The highest BCUT2D eigenvalue weighted by Gasteiger charge is 2.81. The zero-order valence-corrected chi connectivity index (χ0v) is 36.6. The van der Waals surface area contributed by atoms with Crippen LogP contribution in [-0.4, -0.2) is 37.4 Å². The van der Waals surface area contributed by atoms with Gasteiger partial charge in [-0.25, -0.2) is 0 Å². The van der Waals surface area contributed by atoms with Gasteiger partial charge in [-0.15, -0.1) is 0 Å². The lowest BCUT2D eigenvalue weighted by molar-refractivity contribution is -0.374. The summed E-state index contributed by atoms with van der Waals surface area (Å²) in [5, 5.41) is 0. The average Bonchev–Trinajstić information content (AvgIpc) is 3.26. The summed E-state index contributed by atoms with van der Waals surface area (Å²) >= 11 is 0. The normalized spacial score (nSPS) is 31.3. The smallest absolute Gasteiger partial charge is 0.422 e. The lowest BCUT2D eigenvalue weighted by atomic mass is 9.41. The third kappa shape index (κ3) is 7.74. The molecule has 8 saturated carbocycles. The summed E-state index contributed by atoms with van der Waals surface area (Å²) in [6.45, 7) is -2.91. The second-order valence-electron chi connectivity index (χ2n) is 21.4. The lowest BCUT2D eigenvalue weighted by Crippen LogP contribution is -2.59. The predicted molar refractivity (Wildman–Crippen MR) is 223 cm³/mol. The number of benzene rings is 4. The van der Waals surface area contributed by atoms with Crippen LogP contribution < -0.4 is 9.47 Å². The van der Waals surface area contributed by atoms with Crippen molar-refractivity contribution in [2.24, 2.45) is 23.7 Å². The van der Waals surface area contributed by atoms with Crippen molar-refractivity contribution in [1.82, 2.24) is 0 Å². The van der Waals surface area contributed by atoms with Gasteiger partial charge in [-0.05, 0) is 169 Å². The average molecular weight is 971 g/mol.